The van der Waals surface area contributed by atoms with Crippen molar-refractivity contribution in [2.24, 2.45) is 0 Å². The van der Waals surface area contributed by atoms with Crippen molar-refractivity contribution in [3.05, 3.63) is 34.9 Å². The summed E-state index contributed by atoms with van der Waals surface area (Å²) in [4.78, 5) is 27.3. The zero-order valence-corrected chi connectivity index (χ0v) is 17.9. The van der Waals surface area contributed by atoms with Crippen molar-refractivity contribution >= 4 is 47.6 Å². The fourth-order valence-corrected chi connectivity index (χ4v) is 3.47. The molecular weight excluding hydrogens is 407 g/mol. The topological polar surface area (TPSA) is 73.5 Å². The minimum atomic E-state index is -0.561. The van der Waals surface area contributed by atoms with Crippen LogP contribution in [0.25, 0.3) is 0 Å². The van der Waals surface area contributed by atoms with Crippen molar-refractivity contribution in [1.29, 1.82) is 0 Å². The fourth-order valence-electron chi connectivity index (χ4n) is 2.78. The van der Waals surface area contributed by atoms with E-state index in [1.54, 1.807) is 36.0 Å². The molecule has 0 bridgehead atoms. The molecule has 6 nitrogen and oxygen atoms in total. The van der Waals surface area contributed by atoms with Gasteiger partial charge in [0.25, 0.3) is 5.91 Å². The summed E-state index contributed by atoms with van der Waals surface area (Å²) in [6.45, 7) is 5.36. The Hall–Kier alpha value is -0.990. The zero-order chi connectivity index (χ0) is 18.8. The van der Waals surface area contributed by atoms with E-state index in [4.69, 9.17) is 11.6 Å². The largest absolute Gasteiger partial charge is 0.353 e. The Bertz CT molecular complexity index is 600. The maximum Gasteiger partial charge on any atom is 0.253 e. The van der Waals surface area contributed by atoms with Crippen molar-refractivity contribution in [1.82, 2.24) is 20.9 Å². The third-order valence-corrected chi connectivity index (χ3v) is 5.26. The van der Waals surface area contributed by atoms with Crippen LogP contribution < -0.4 is 16.0 Å². The van der Waals surface area contributed by atoms with Crippen LogP contribution >= 0.6 is 35.8 Å². The van der Waals surface area contributed by atoms with Gasteiger partial charge in [0.2, 0.25) is 5.91 Å². The van der Waals surface area contributed by atoms with E-state index in [0.717, 1.165) is 38.5 Å². The van der Waals surface area contributed by atoms with Crippen LogP contribution in [0.5, 0.6) is 0 Å². The number of halogens is 2. The SMILES string of the molecule is CSCCC(NC(=O)c1ccccc1Cl)C(=O)NCCN1CCNCC1.Cl. The number of rotatable bonds is 9. The Balaban J connectivity index is 0.00000364. The van der Waals surface area contributed by atoms with Gasteiger partial charge in [-0.05, 0) is 30.6 Å². The van der Waals surface area contributed by atoms with Gasteiger partial charge in [0.1, 0.15) is 6.04 Å². The predicted octanol–water partition coefficient (Wildman–Crippen LogP) is 1.63. The molecule has 1 aromatic rings. The van der Waals surface area contributed by atoms with Crippen LogP contribution in [-0.4, -0.2) is 74.0 Å². The van der Waals surface area contributed by atoms with Crippen LogP contribution in [0.4, 0.5) is 0 Å². The van der Waals surface area contributed by atoms with Crippen molar-refractivity contribution < 1.29 is 9.59 Å². The molecule has 1 heterocycles. The van der Waals surface area contributed by atoms with E-state index < -0.39 is 6.04 Å². The summed E-state index contributed by atoms with van der Waals surface area (Å²) in [7, 11) is 0. The summed E-state index contributed by atoms with van der Waals surface area (Å²) >= 11 is 7.73. The molecule has 0 aliphatic carbocycles. The third-order valence-electron chi connectivity index (χ3n) is 4.29. The van der Waals surface area contributed by atoms with Gasteiger partial charge in [-0.15, -0.1) is 12.4 Å². The standard InChI is InChI=1S/C18H27ClN4O2S.ClH/c1-26-13-6-16(22-17(24)14-4-2-3-5-15(14)19)18(25)21-9-12-23-10-7-20-8-11-23;/h2-5,16,20H,6-13H2,1H3,(H,21,25)(H,22,24);1H. The lowest BCUT2D eigenvalue weighted by Gasteiger charge is -2.27. The molecule has 152 valence electrons. The second kappa shape index (κ2) is 13.2. The van der Waals surface area contributed by atoms with E-state index in [-0.39, 0.29) is 24.2 Å². The highest BCUT2D eigenvalue weighted by atomic mass is 35.5. The molecule has 1 aliphatic rings. The van der Waals surface area contributed by atoms with Gasteiger partial charge in [-0.3, -0.25) is 14.5 Å². The number of nitrogens with one attached hydrogen (secondary N) is 3. The summed E-state index contributed by atoms with van der Waals surface area (Å²) < 4.78 is 0. The highest BCUT2D eigenvalue weighted by molar-refractivity contribution is 7.98. The Morgan fingerprint density at radius 1 is 1.30 bits per heavy atom. The molecule has 2 amide bonds. The number of carbonyl (C=O) groups excluding carboxylic acids is 2. The van der Waals surface area contributed by atoms with E-state index in [1.807, 2.05) is 6.26 Å². The van der Waals surface area contributed by atoms with Gasteiger partial charge in [0.15, 0.2) is 0 Å². The molecule has 27 heavy (non-hydrogen) atoms. The monoisotopic (exact) mass is 434 g/mol. The lowest BCUT2D eigenvalue weighted by Crippen LogP contribution is -2.50. The Morgan fingerprint density at radius 2 is 2.00 bits per heavy atom. The van der Waals surface area contributed by atoms with Gasteiger partial charge in [-0.2, -0.15) is 11.8 Å². The molecule has 1 unspecified atom stereocenters. The normalized spacial score (nSPS) is 15.5. The van der Waals surface area contributed by atoms with Gasteiger partial charge < -0.3 is 16.0 Å². The summed E-state index contributed by atoms with van der Waals surface area (Å²) in [6.07, 6.45) is 2.56. The second-order valence-corrected chi connectivity index (χ2v) is 7.56. The first kappa shape index (κ1) is 24.0. The van der Waals surface area contributed by atoms with Crippen molar-refractivity contribution in [3.63, 3.8) is 0 Å². The molecule has 0 aromatic heterocycles. The lowest BCUT2D eigenvalue weighted by atomic mass is 10.1. The molecule has 9 heteroatoms. The minimum Gasteiger partial charge on any atom is -0.353 e. The summed E-state index contributed by atoms with van der Waals surface area (Å²) in [5.74, 6) is 0.326. The van der Waals surface area contributed by atoms with Crippen LogP contribution in [0, 0.1) is 0 Å². The number of amides is 2. The number of hydrogen-bond donors (Lipinski definition) is 3. The molecular formula is C18H28Cl2N4O2S. The summed E-state index contributed by atoms with van der Waals surface area (Å²) in [5, 5.41) is 9.47. The Kier molecular flexibility index (Phi) is 11.8. The summed E-state index contributed by atoms with van der Waals surface area (Å²) in [6, 6.07) is 6.29. The van der Waals surface area contributed by atoms with Crippen molar-refractivity contribution in [3.8, 4) is 0 Å². The Morgan fingerprint density at radius 3 is 2.67 bits per heavy atom. The highest BCUT2D eigenvalue weighted by Crippen LogP contribution is 2.15. The van der Waals surface area contributed by atoms with Gasteiger partial charge in [0.05, 0.1) is 10.6 Å². The first-order valence-corrected chi connectivity index (χ1v) is 10.6. The van der Waals surface area contributed by atoms with Crippen LogP contribution in [0.15, 0.2) is 24.3 Å². The van der Waals surface area contributed by atoms with Crippen molar-refractivity contribution in [2.45, 2.75) is 12.5 Å². The minimum absolute atomic E-state index is 0. The molecule has 3 N–H and O–H groups in total. The van der Waals surface area contributed by atoms with Gasteiger partial charge >= 0.3 is 0 Å². The molecule has 1 aliphatic heterocycles. The van der Waals surface area contributed by atoms with Crippen LogP contribution in [0.3, 0.4) is 0 Å². The van der Waals surface area contributed by atoms with Gasteiger partial charge in [-0.25, -0.2) is 0 Å². The average Bonchev–Trinajstić information content (AvgIpc) is 2.66. The molecule has 1 atom stereocenters. The molecule has 2 rings (SSSR count). The first-order chi connectivity index (χ1) is 12.6. The number of nitrogens with zero attached hydrogens (tertiary/aromatic N) is 1. The molecule has 0 spiro atoms. The van der Waals surface area contributed by atoms with E-state index in [9.17, 15) is 9.59 Å². The average molecular weight is 435 g/mol. The fraction of sp³-hybridized carbons (Fsp3) is 0.556. The quantitative estimate of drug-likeness (QED) is 0.550. The van der Waals surface area contributed by atoms with Crippen LogP contribution in [0.2, 0.25) is 5.02 Å². The number of carbonyl (C=O) groups is 2. The van der Waals surface area contributed by atoms with Gasteiger partial charge in [-0.1, -0.05) is 23.7 Å². The molecule has 0 saturated carbocycles. The van der Waals surface area contributed by atoms with Crippen LogP contribution in [0.1, 0.15) is 16.8 Å². The molecule has 1 saturated heterocycles. The zero-order valence-electron chi connectivity index (χ0n) is 15.5. The number of piperazine rings is 1. The lowest BCUT2D eigenvalue weighted by molar-refractivity contribution is -0.123. The van der Waals surface area contributed by atoms with Gasteiger partial charge in [0, 0.05) is 39.3 Å². The van der Waals surface area contributed by atoms with Crippen LogP contribution in [-0.2, 0) is 4.79 Å². The number of hydrogen-bond acceptors (Lipinski definition) is 5. The van der Waals surface area contributed by atoms with E-state index in [2.05, 4.69) is 20.9 Å². The van der Waals surface area contributed by atoms with Crippen molar-refractivity contribution in [2.75, 3.05) is 51.3 Å². The third kappa shape index (κ3) is 8.27. The maximum absolute atomic E-state index is 12.5. The summed E-state index contributed by atoms with van der Waals surface area (Å²) in [5.41, 5.74) is 0.386. The van der Waals surface area contributed by atoms with E-state index in [1.165, 1.54) is 0 Å². The first-order valence-electron chi connectivity index (χ1n) is 8.87. The number of benzene rings is 1. The maximum atomic E-state index is 12.5. The Labute approximate surface area is 176 Å². The predicted molar refractivity (Wildman–Crippen MR) is 115 cm³/mol. The second-order valence-electron chi connectivity index (χ2n) is 6.17. The highest BCUT2D eigenvalue weighted by Gasteiger charge is 2.22. The number of thioether (sulfide) groups is 1. The van der Waals surface area contributed by atoms with E-state index in [0.29, 0.717) is 23.6 Å². The molecule has 0 radical (unpaired) electrons. The molecule has 1 fully saturated rings. The molecule has 1 aromatic carbocycles. The smallest absolute Gasteiger partial charge is 0.253 e. The van der Waals surface area contributed by atoms with E-state index >= 15 is 0 Å².